The van der Waals surface area contributed by atoms with Gasteiger partial charge in [-0.1, -0.05) is 36.4 Å². The Morgan fingerprint density at radius 2 is 1.73 bits per heavy atom. The first kappa shape index (κ1) is 9.40. The molecule has 0 saturated heterocycles. The van der Waals surface area contributed by atoms with Crippen LogP contribution in [-0.4, -0.2) is 0 Å². The van der Waals surface area contributed by atoms with Gasteiger partial charge in [-0.2, -0.15) is 0 Å². The lowest BCUT2D eigenvalue weighted by Crippen LogP contribution is -1.85. The lowest BCUT2D eigenvalue weighted by Gasteiger charge is -2.04. The van der Waals surface area contributed by atoms with Gasteiger partial charge < -0.3 is 5.73 Å². The number of anilines is 1. The van der Waals surface area contributed by atoms with Gasteiger partial charge in [0.05, 0.1) is 0 Å². The molecular formula is C12H10N2O. The van der Waals surface area contributed by atoms with Crippen LogP contribution in [0.4, 0.5) is 11.4 Å². The van der Waals surface area contributed by atoms with E-state index in [1.54, 1.807) is 18.2 Å². The summed E-state index contributed by atoms with van der Waals surface area (Å²) in [7, 11) is 0. The molecule has 0 aliphatic heterocycles. The van der Waals surface area contributed by atoms with Crippen LogP contribution in [0.15, 0.2) is 53.7 Å². The molecule has 0 unspecified atom stereocenters. The van der Waals surface area contributed by atoms with Crippen molar-refractivity contribution in [2.45, 2.75) is 0 Å². The average molecular weight is 198 g/mol. The molecule has 0 spiro atoms. The predicted octanol–water partition coefficient (Wildman–Crippen LogP) is 3.33. The number of nitroso groups, excluding NO2 is 1. The molecule has 3 nitrogen and oxygen atoms in total. The molecular weight excluding hydrogens is 188 g/mol. The van der Waals surface area contributed by atoms with Crippen LogP contribution < -0.4 is 5.73 Å². The topological polar surface area (TPSA) is 55.4 Å². The first-order valence-corrected chi connectivity index (χ1v) is 4.59. The Kier molecular flexibility index (Phi) is 2.46. The van der Waals surface area contributed by atoms with Gasteiger partial charge in [-0.05, 0) is 22.9 Å². The molecule has 15 heavy (non-hydrogen) atoms. The monoisotopic (exact) mass is 198 g/mol. The van der Waals surface area contributed by atoms with Crippen molar-refractivity contribution in [3.05, 3.63) is 53.4 Å². The molecule has 0 heterocycles. The van der Waals surface area contributed by atoms with E-state index in [-0.39, 0.29) is 0 Å². The second kappa shape index (κ2) is 3.92. The Hall–Kier alpha value is -2.16. The first-order valence-electron chi connectivity index (χ1n) is 4.59. The van der Waals surface area contributed by atoms with Gasteiger partial charge in [-0.15, -0.1) is 4.91 Å². The van der Waals surface area contributed by atoms with Gasteiger partial charge in [0.15, 0.2) is 0 Å². The van der Waals surface area contributed by atoms with Crippen LogP contribution in [0.5, 0.6) is 0 Å². The van der Waals surface area contributed by atoms with Crippen LogP contribution in [0.1, 0.15) is 0 Å². The highest BCUT2D eigenvalue weighted by Gasteiger charge is 2.05. The van der Waals surface area contributed by atoms with Gasteiger partial charge in [0, 0.05) is 11.3 Å². The van der Waals surface area contributed by atoms with Crippen molar-refractivity contribution >= 4 is 11.4 Å². The highest BCUT2D eigenvalue weighted by Crippen LogP contribution is 2.31. The van der Waals surface area contributed by atoms with Crippen molar-refractivity contribution in [1.82, 2.24) is 0 Å². The molecule has 3 heteroatoms. The van der Waals surface area contributed by atoms with Crippen molar-refractivity contribution in [3.8, 4) is 11.1 Å². The number of rotatable bonds is 2. The molecule has 0 aliphatic carbocycles. The van der Waals surface area contributed by atoms with E-state index in [0.717, 1.165) is 11.1 Å². The second-order valence-corrected chi connectivity index (χ2v) is 3.23. The third-order valence-electron chi connectivity index (χ3n) is 2.20. The lowest BCUT2D eigenvalue weighted by atomic mass is 10.0. The summed E-state index contributed by atoms with van der Waals surface area (Å²) < 4.78 is 0. The number of nitrogen functional groups attached to an aromatic ring is 1. The predicted molar refractivity (Wildman–Crippen MR) is 61.7 cm³/mol. The Morgan fingerprint density at radius 1 is 1.00 bits per heavy atom. The third-order valence-corrected chi connectivity index (χ3v) is 2.20. The minimum atomic E-state index is 0.376. The van der Waals surface area contributed by atoms with Gasteiger partial charge in [0.1, 0.15) is 5.69 Å². The summed E-state index contributed by atoms with van der Waals surface area (Å²) in [5, 5.41) is 2.98. The van der Waals surface area contributed by atoms with Crippen LogP contribution in [0.25, 0.3) is 11.1 Å². The molecule has 0 amide bonds. The zero-order chi connectivity index (χ0) is 10.7. The highest BCUT2D eigenvalue weighted by atomic mass is 16.3. The molecule has 2 rings (SSSR count). The number of benzene rings is 2. The fourth-order valence-corrected chi connectivity index (χ4v) is 1.49. The van der Waals surface area contributed by atoms with E-state index in [9.17, 15) is 4.91 Å². The first-order chi connectivity index (χ1) is 7.31. The van der Waals surface area contributed by atoms with Crippen LogP contribution in [0, 0.1) is 4.91 Å². The molecule has 2 N–H and O–H groups in total. The van der Waals surface area contributed by atoms with Crippen LogP contribution in [0.3, 0.4) is 0 Å². The molecule has 0 atom stereocenters. The van der Waals surface area contributed by atoms with Crippen molar-refractivity contribution in [2.24, 2.45) is 5.18 Å². The summed E-state index contributed by atoms with van der Waals surface area (Å²) in [6, 6.07) is 14.8. The zero-order valence-corrected chi connectivity index (χ0v) is 8.05. The minimum absolute atomic E-state index is 0.376. The minimum Gasteiger partial charge on any atom is -0.399 e. The number of hydrogen-bond acceptors (Lipinski definition) is 3. The van der Waals surface area contributed by atoms with Gasteiger partial charge >= 0.3 is 0 Å². The number of nitrogens with zero attached hydrogens (tertiary/aromatic N) is 1. The highest BCUT2D eigenvalue weighted by molar-refractivity contribution is 5.78. The van der Waals surface area contributed by atoms with Crippen molar-refractivity contribution in [1.29, 1.82) is 0 Å². The standard InChI is InChI=1S/C12H10N2O/c13-10-6-7-11(12(8-10)14-15)9-4-2-1-3-5-9/h1-8H,13H2. The van der Waals surface area contributed by atoms with E-state index in [1.165, 1.54) is 0 Å². The summed E-state index contributed by atoms with van der Waals surface area (Å²) >= 11 is 0. The van der Waals surface area contributed by atoms with Gasteiger partial charge in [-0.3, -0.25) is 0 Å². The lowest BCUT2D eigenvalue weighted by molar-refractivity contribution is 1.48. The van der Waals surface area contributed by atoms with E-state index >= 15 is 0 Å². The number of nitrogens with two attached hydrogens (primary N) is 1. The maximum absolute atomic E-state index is 10.6. The largest absolute Gasteiger partial charge is 0.399 e. The van der Waals surface area contributed by atoms with Crippen LogP contribution in [-0.2, 0) is 0 Å². The molecule has 0 aromatic heterocycles. The maximum Gasteiger partial charge on any atom is 0.117 e. The Balaban J connectivity index is 2.58. The van der Waals surface area contributed by atoms with E-state index in [1.807, 2.05) is 30.3 Å². The van der Waals surface area contributed by atoms with Crippen molar-refractivity contribution in [2.75, 3.05) is 5.73 Å². The molecule has 0 saturated carbocycles. The van der Waals surface area contributed by atoms with Crippen molar-refractivity contribution < 1.29 is 0 Å². The van der Waals surface area contributed by atoms with Crippen LogP contribution >= 0.6 is 0 Å². The van der Waals surface area contributed by atoms with Crippen LogP contribution in [0.2, 0.25) is 0 Å². The van der Waals surface area contributed by atoms with Gasteiger partial charge in [0.2, 0.25) is 0 Å². The summed E-state index contributed by atoms with van der Waals surface area (Å²) in [6.45, 7) is 0. The molecule has 0 radical (unpaired) electrons. The van der Waals surface area contributed by atoms with E-state index in [0.29, 0.717) is 11.4 Å². The summed E-state index contributed by atoms with van der Waals surface area (Å²) in [5.41, 5.74) is 8.27. The molecule has 0 fully saturated rings. The molecule has 74 valence electrons. The smallest absolute Gasteiger partial charge is 0.117 e. The SMILES string of the molecule is Nc1ccc(-c2ccccc2)c(N=O)c1. The van der Waals surface area contributed by atoms with Crippen molar-refractivity contribution in [3.63, 3.8) is 0 Å². The zero-order valence-electron chi connectivity index (χ0n) is 8.05. The summed E-state index contributed by atoms with van der Waals surface area (Å²) in [4.78, 5) is 10.6. The Morgan fingerprint density at radius 3 is 2.40 bits per heavy atom. The summed E-state index contributed by atoms with van der Waals surface area (Å²) in [6.07, 6.45) is 0. The quantitative estimate of drug-likeness (QED) is 0.594. The summed E-state index contributed by atoms with van der Waals surface area (Å²) in [5.74, 6) is 0. The fourth-order valence-electron chi connectivity index (χ4n) is 1.49. The molecule has 0 aliphatic rings. The normalized spacial score (nSPS) is 9.87. The molecule has 2 aromatic carbocycles. The fraction of sp³-hybridized carbons (Fsp3) is 0. The molecule has 0 bridgehead atoms. The Labute approximate surface area is 87.5 Å². The van der Waals surface area contributed by atoms with Gasteiger partial charge in [-0.25, -0.2) is 0 Å². The molecule has 2 aromatic rings. The third kappa shape index (κ3) is 1.86. The number of hydrogen-bond donors (Lipinski definition) is 1. The van der Waals surface area contributed by atoms with Gasteiger partial charge in [0.25, 0.3) is 0 Å². The Bertz CT molecular complexity index is 480. The average Bonchev–Trinajstić information content (AvgIpc) is 2.30. The van der Waals surface area contributed by atoms with E-state index in [2.05, 4.69) is 5.18 Å². The van der Waals surface area contributed by atoms with E-state index < -0.39 is 0 Å². The maximum atomic E-state index is 10.6. The second-order valence-electron chi connectivity index (χ2n) is 3.23. The van der Waals surface area contributed by atoms with E-state index in [4.69, 9.17) is 5.73 Å².